The summed E-state index contributed by atoms with van der Waals surface area (Å²) in [4.78, 5) is 12.5. The highest BCUT2D eigenvalue weighted by Gasteiger charge is 2.34. The highest BCUT2D eigenvalue weighted by molar-refractivity contribution is 5.83. The van der Waals surface area contributed by atoms with E-state index in [1.807, 2.05) is 0 Å². The zero-order valence-electron chi connectivity index (χ0n) is 12.1. The third-order valence-electron chi connectivity index (χ3n) is 4.25. The fourth-order valence-electron chi connectivity index (χ4n) is 3.29. The molecule has 0 spiro atoms. The normalized spacial score (nSPS) is 28.2. The summed E-state index contributed by atoms with van der Waals surface area (Å²) in [6.07, 6.45) is 1.88. The van der Waals surface area contributed by atoms with E-state index in [0.29, 0.717) is 24.5 Å². The van der Waals surface area contributed by atoms with Crippen LogP contribution in [-0.2, 0) is 16.0 Å². The number of benzene rings is 1. The molecule has 2 atom stereocenters. The maximum atomic E-state index is 13.5. The summed E-state index contributed by atoms with van der Waals surface area (Å²) in [6.45, 7) is 1.35. The zero-order chi connectivity index (χ0) is 14.8. The van der Waals surface area contributed by atoms with Crippen LogP contribution in [0.2, 0.25) is 0 Å². The summed E-state index contributed by atoms with van der Waals surface area (Å²) in [5.74, 6) is 0.307. The van der Waals surface area contributed by atoms with Gasteiger partial charge in [0, 0.05) is 30.5 Å². The monoisotopic (exact) mass is 293 g/mol. The second kappa shape index (κ2) is 6.12. The largest absolute Gasteiger partial charge is 0.497 e. The number of rotatable bonds is 4. The summed E-state index contributed by atoms with van der Waals surface area (Å²) in [7, 11) is 1.49. The Hall–Kier alpha value is -1.46. The lowest BCUT2D eigenvalue weighted by molar-refractivity contribution is -0.125. The van der Waals surface area contributed by atoms with E-state index < -0.39 is 0 Å². The van der Waals surface area contributed by atoms with Crippen LogP contribution in [0.15, 0.2) is 18.2 Å². The summed E-state index contributed by atoms with van der Waals surface area (Å²) in [6, 6.07) is 5.00. The molecule has 114 valence electrons. The SMILES string of the molecule is COc1cc(F)cc(CC(=O)C2CC3COCC(C2)N3)c1. The fourth-order valence-corrected chi connectivity index (χ4v) is 3.29. The van der Waals surface area contributed by atoms with E-state index in [4.69, 9.17) is 9.47 Å². The molecule has 0 saturated carbocycles. The topological polar surface area (TPSA) is 47.6 Å². The van der Waals surface area contributed by atoms with E-state index in [9.17, 15) is 9.18 Å². The molecule has 0 amide bonds. The van der Waals surface area contributed by atoms with Crippen LogP contribution < -0.4 is 10.1 Å². The number of fused-ring (bicyclic) bond motifs is 2. The van der Waals surface area contributed by atoms with E-state index in [-0.39, 0.29) is 36.0 Å². The summed E-state index contributed by atoms with van der Waals surface area (Å²) in [5, 5.41) is 3.47. The average molecular weight is 293 g/mol. The molecule has 2 unspecified atom stereocenters. The summed E-state index contributed by atoms with van der Waals surface area (Å²) >= 11 is 0. The number of halogens is 1. The first-order valence-electron chi connectivity index (χ1n) is 7.34. The minimum absolute atomic E-state index is 0.0411. The van der Waals surface area contributed by atoms with E-state index in [1.54, 1.807) is 6.07 Å². The Morgan fingerprint density at radius 1 is 1.33 bits per heavy atom. The predicted octanol–water partition coefficient (Wildman–Crippen LogP) is 1.71. The molecule has 2 saturated heterocycles. The van der Waals surface area contributed by atoms with Crippen molar-refractivity contribution in [3.05, 3.63) is 29.6 Å². The van der Waals surface area contributed by atoms with Crippen molar-refractivity contribution < 1.29 is 18.7 Å². The molecule has 3 rings (SSSR count). The summed E-state index contributed by atoms with van der Waals surface area (Å²) in [5.41, 5.74) is 0.678. The minimum Gasteiger partial charge on any atom is -0.497 e. The number of morpholine rings is 1. The van der Waals surface area contributed by atoms with Gasteiger partial charge >= 0.3 is 0 Å². The van der Waals surface area contributed by atoms with Crippen molar-refractivity contribution in [3.63, 3.8) is 0 Å². The van der Waals surface area contributed by atoms with Crippen molar-refractivity contribution in [1.82, 2.24) is 5.32 Å². The summed E-state index contributed by atoms with van der Waals surface area (Å²) < 4.78 is 24.0. The van der Waals surface area contributed by atoms with Gasteiger partial charge in [0.05, 0.1) is 20.3 Å². The third kappa shape index (κ3) is 3.41. The quantitative estimate of drug-likeness (QED) is 0.918. The number of piperidine rings is 1. The molecule has 4 nitrogen and oxygen atoms in total. The van der Waals surface area contributed by atoms with Gasteiger partial charge in [-0.1, -0.05) is 0 Å². The van der Waals surface area contributed by atoms with Gasteiger partial charge in [0.1, 0.15) is 17.3 Å². The molecule has 5 heteroatoms. The van der Waals surface area contributed by atoms with Crippen LogP contribution >= 0.6 is 0 Å². The Morgan fingerprint density at radius 2 is 2.05 bits per heavy atom. The lowest BCUT2D eigenvalue weighted by Crippen LogP contribution is -2.55. The first-order chi connectivity index (χ1) is 10.1. The number of carbonyl (C=O) groups is 1. The van der Waals surface area contributed by atoms with Crippen molar-refractivity contribution in [2.75, 3.05) is 20.3 Å². The first-order valence-corrected chi connectivity index (χ1v) is 7.34. The number of carbonyl (C=O) groups excluding carboxylic acids is 1. The molecule has 2 aliphatic heterocycles. The first kappa shape index (κ1) is 14.5. The van der Waals surface area contributed by atoms with Crippen molar-refractivity contribution >= 4 is 5.78 Å². The van der Waals surface area contributed by atoms with Gasteiger partial charge in [-0.3, -0.25) is 4.79 Å². The van der Waals surface area contributed by atoms with Crippen molar-refractivity contribution in [2.24, 2.45) is 5.92 Å². The van der Waals surface area contributed by atoms with Crippen molar-refractivity contribution in [3.8, 4) is 5.75 Å². The molecule has 0 radical (unpaired) electrons. The second-order valence-corrected chi connectivity index (χ2v) is 5.91. The number of ketones is 1. The molecule has 2 aliphatic rings. The van der Waals surface area contributed by atoms with Gasteiger partial charge in [0.2, 0.25) is 0 Å². The van der Waals surface area contributed by atoms with Gasteiger partial charge in [0.15, 0.2) is 0 Å². The van der Waals surface area contributed by atoms with E-state index in [1.165, 1.54) is 19.2 Å². The van der Waals surface area contributed by atoms with Crippen LogP contribution in [0.25, 0.3) is 0 Å². The molecule has 21 heavy (non-hydrogen) atoms. The number of hydrogen-bond donors (Lipinski definition) is 1. The number of hydrogen-bond acceptors (Lipinski definition) is 4. The number of ether oxygens (including phenoxy) is 2. The van der Waals surface area contributed by atoms with Gasteiger partial charge in [-0.15, -0.1) is 0 Å². The van der Waals surface area contributed by atoms with Gasteiger partial charge < -0.3 is 14.8 Å². The average Bonchev–Trinajstić information content (AvgIpc) is 2.46. The van der Waals surface area contributed by atoms with Crippen LogP contribution in [-0.4, -0.2) is 38.2 Å². The number of methoxy groups -OCH3 is 1. The van der Waals surface area contributed by atoms with Crippen LogP contribution in [0.3, 0.4) is 0 Å². The zero-order valence-corrected chi connectivity index (χ0v) is 12.1. The number of nitrogens with one attached hydrogen (secondary N) is 1. The molecule has 1 aromatic carbocycles. The Bertz CT molecular complexity index is 522. The van der Waals surface area contributed by atoms with Crippen molar-refractivity contribution in [1.29, 1.82) is 0 Å². The highest BCUT2D eigenvalue weighted by atomic mass is 19.1. The molecule has 2 bridgehead atoms. The molecule has 1 aromatic rings. The fraction of sp³-hybridized carbons (Fsp3) is 0.562. The van der Waals surface area contributed by atoms with Crippen LogP contribution in [0.4, 0.5) is 4.39 Å². The maximum Gasteiger partial charge on any atom is 0.140 e. The molecule has 2 fully saturated rings. The van der Waals surface area contributed by atoms with E-state index in [2.05, 4.69) is 5.32 Å². The van der Waals surface area contributed by atoms with E-state index in [0.717, 1.165) is 12.8 Å². The Balaban J connectivity index is 1.67. The standard InChI is InChI=1S/C16H20FNO3/c1-20-15-3-10(2-12(17)7-15)4-16(19)11-5-13-8-21-9-14(6-11)18-13/h2-3,7,11,13-14,18H,4-6,8-9H2,1H3. The molecule has 2 heterocycles. The number of Topliss-reactive ketones (excluding diaryl/α,β-unsaturated/α-hetero) is 1. The molecule has 0 aliphatic carbocycles. The Kier molecular flexibility index (Phi) is 4.22. The third-order valence-corrected chi connectivity index (χ3v) is 4.25. The van der Waals surface area contributed by atoms with Crippen LogP contribution in [0, 0.1) is 11.7 Å². The smallest absolute Gasteiger partial charge is 0.140 e. The lowest BCUT2D eigenvalue weighted by atomic mass is 9.82. The minimum atomic E-state index is -0.368. The second-order valence-electron chi connectivity index (χ2n) is 5.91. The van der Waals surface area contributed by atoms with Gasteiger partial charge in [-0.2, -0.15) is 0 Å². The Labute approximate surface area is 123 Å². The highest BCUT2D eigenvalue weighted by Crippen LogP contribution is 2.26. The molecular formula is C16H20FNO3. The van der Waals surface area contributed by atoms with Crippen LogP contribution in [0.5, 0.6) is 5.75 Å². The molecule has 0 aromatic heterocycles. The lowest BCUT2D eigenvalue weighted by Gasteiger charge is -2.39. The maximum absolute atomic E-state index is 13.5. The Morgan fingerprint density at radius 3 is 2.71 bits per heavy atom. The van der Waals surface area contributed by atoms with Gasteiger partial charge in [-0.05, 0) is 30.5 Å². The molecular weight excluding hydrogens is 273 g/mol. The van der Waals surface area contributed by atoms with Crippen molar-refractivity contribution in [2.45, 2.75) is 31.3 Å². The molecule has 1 N–H and O–H groups in total. The van der Waals surface area contributed by atoms with E-state index >= 15 is 0 Å². The van der Waals surface area contributed by atoms with Gasteiger partial charge in [-0.25, -0.2) is 4.39 Å². The van der Waals surface area contributed by atoms with Crippen LogP contribution in [0.1, 0.15) is 18.4 Å². The van der Waals surface area contributed by atoms with Gasteiger partial charge in [0.25, 0.3) is 0 Å². The predicted molar refractivity (Wildman–Crippen MR) is 75.9 cm³/mol.